The van der Waals surface area contributed by atoms with Gasteiger partial charge >= 0.3 is 0 Å². The number of carbonyl (C=O) groups excluding carboxylic acids is 2. The lowest BCUT2D eigenvalue weighted by Crippen LogP contribution is -2.53. The van der Waals surface area contributed by atoms with Gasteiger partial charge in [-0.15, -0.1) is 0 Å². The highest BCUT2D eigenvalue weighted by atomic mass is 16.2. The minimum absolute atomic E-state index is 0.0166. The van der Waals surface area contributed by atoms with Gasteiger partial charge in [0.15, 0.2) is 0 Å². The molecule has 19 heavy (non-hydrogen) atoms. The Hall–Kier alpha value is -1.61. The van der Waals surface area contributed by atoms with Gasteiger partial charge in [0.25, 0.3) is 0 Å². The number of nitrogens with zero attached hydrogens (tertiary/aromatic N) is 2. The fraction of sp³-hybridized carbons (Fsp3) is 0.769. The normalized spacial score (nSPS) is 21.6. The number of likely N-dealkylation sites (tertiary alicyclic amines) is 1. The lowest BCUT2D eigenvalue weighted by Gasteiger charge is -2.29. The molecule has 0 aliphatic carbocycles. The summed E-state index contributed by atoms with van der Waals surface area (Å²) in [5.74, 6) is -0.491. The van der Waals surface area contributed by atoms with E-state index in [9.17, 15) is 9.59 Å². The van der Waals surface area contributed by atoms with E-state index >= 15 is 0 Å². The molecule has 0 saturated carbocycles. The molecule has 0 bridgehead atoms. The molecule has 2 unspecified atom stereocenters. The Morgan fingerprint density at radius 2 is 2.26 bits per heavy atom. The molecule has 0 aromatic carbocycles. The van der Waals surface area contributed by atoms with Gasteiger partial charge in [0.1, 0.15) is 12.1 Å². The molecule has 1 saturated heterocycles. The largest absolute Gasteiger partial charge is 0.343 e. The van der Waals surface area contributed by atoms with E-state index < -0.39 is 6.04 Å². The third-order valence-electron chi connectivity index (χ3n) is 3.67. The van der Waals surface area contributed by atoms with Crippen molar-refractivity contribution < 1.29 is 9.59 Å². The van der Waals surface area contributed by atoms with Crippen LogP contribution in [-0.2, 0) is 9.59 Å². The Labute approximate surface area is 113 Å². The summed E-state index contributed by atoms with van der Waals surface area (Å²) in [7, 11) is 0. The van der Waals surface area contributed by atoms with Gasteiger partial charge in [-0.25, -0.2) is 0 Å². The van der Waals surface area contributed by atoms with Gasteiger partial charge in [-0.2, -0.15) is 5.26 Å². The topological polar surface area (TPSA) is 99.2 Å². The smallest absolute Gasteiger partial charge is 0.246 e. The van der Waals surface area contributed by atoms with E-state index in [1.165, 1.54) is 0 Å². The molecular weight excluding hydrogens is 244 g/mol. The second-order valence-electron chi connectivity index (χ2n) is 4.95. The van der Waals surface area contributed by atoms with E-state index in [0.717, 1.165) is 12.8 Å². The highest BCUT2D eigenvalue weighted by Crippen LogP contribution is 2.20. The van der Waals surface area contributed by atoms with E-state index in [4.69, 9.17) is 11.0 Å². The van der Waals surface area contributed by atoms with Crippen LogP contribution in [0.3, 0.4) is 0 Å². The van der Waals surface area contributed by atoms with Crippen molar-refractivity contribution in [1.29, 1.82) is 5.26 Å². The van der Waals surface area contributed by atoms with Crippen molar-refractivity contribution in [3.63, 3.8) is 0 Å². The molecular formula is C13H22N4O2. The quantitative estimate of drug-likeness (QED) is 0.731. The monoisotopic (exact) mass is 266 g/mol. The summed E-state index contributed by atoms with van der Waals surface area (Å²) in [5.41, 5.74) is 5.28. The van der Waals surface area contributed by atoms with Gasteiger partial charge in [-0.3, -0.25) is 9.59 Å². The lowest BCUT2D eigenvalue weighted by molar-refractivity contribution is -0.137. The van der Waals surface area contributed by atoms with Crippen molar-refractivity contribution >= 4 is 11.8 Å². The van der Waals surface area contributed by atoms with Crippen molar-refractivity contribution in [2.45, 2.75) is 45.2 Å². The Morgan fingerprint density at radius 3 is 2.79 bits per heavy atom. The summed E-state index contributed by atoms with van der Waals surface area (Å²) in [5, 5.41) is 11.7. The van der Waals surface area contributed by atoms with Crippen LogP contribution in [0.5, 0.6) is 0 Å². The third kappa shape index (κ3) is 3.67. The molecule has 3 N–H and O–H groups in total. The second kappa shape index (κ2) is 7.10. The van der Waals surface area contributed by atoms with Crippen molar-refractivity contribution in [3.8, 4) is 6.07 Å². The van der Waals surface area contributed by atoms with Crippen LogP contribution >= 0.6 is 0 Å². The zero-order valence-electron chi connectivity index (χ0n) is 11.6. The van der Waals surface area contributed by atoms with Crippen molar-refractivity contribution in [1.82, 2.24) is 10.2 Å². The van der Waals surface area contributed by atoms with Crippen LogP contribution in [0, 0.1) is 17.2 Å². The fourth-order valence-electron chi connectivity index (χ4n) is 2.26. The first-order chi connectivity index (χ1) is 9.04. The van der Waals surface area contributed by atoms with Crippen molar-refractivity contribution in [3.05, 3.63) is 0 Å². The molecule has 1 rings (SSSR count). The summed E-state index contributed by atoms with van der Waals surface area (Å²) in [6, 6.07) is 1.19. The summed E-state index contributed by atoms with van der Waals surface area (Å²) in [6.07, 6.45) is 2.31. The zero-order chi connectivity index (χ0) is 14.4. The molecule has 3 atom stereocenters. The number of nitriles is 1. The maximum Gasteiger partial charge on any atom is 0.246 e. The second-order valence-corrected chi connectivity index (χ2v) is 4.95. The molecule has 1 fully saturated rings. The summed E-state index contributed by atoms with van der Waals surface area (Å²) in [6.45, 7) is 4.33. The van der Waals surface area contributed by atoms with Crippen LogP contribution in [0.4, 0.5) is 0 Å². The van der Waals surface area contributed by atoms with Gasteiger partial charge in [-0.05, 0) is 18.8 Å². The molecule has 0 aromatic heterocycles. The molecule has 0 spiro atoms. The van der Waals surface area contributed by atoms with Crippen LogP contribution in [0.1, 0.15) is 33.1 Å². The molecule has 1 heterocycles. The fourth-order valence-corrected chi connectivity index (χ4v) is 2.26. The number of amides is 2. The standard InChI is InChI=1S/C13H22N4O2/c1-3-9(2)12(16-11(18)8-15)13(19)17-6-4-5-10(17)7-14/h9-10,12H,3-6,8,15H2,1-2H3,(H,16,18)/t9?,10-,12?/m0/s1. The first-order valence-corrected chi connectivity index (χ1v) is 6.74. The van der Waals surface area contributed by atoms with E-state index in [2.05, 4.69) is 11.4 Å². The van der Waals surface area contributed by atoms with Gasteiger partial charge in [0.05, 0.1) is 12.6 Å². The van der Waals surface area contributed by atoms with E-state index in [1.807, 2.05) is 13.8 Å². The van der Waals surface area contributed by atoms with Crippen molar-refractivity contribution in [2.24, 2.45) is 11.7 Å². The molecule has 0 aromatic rings. The minimum atomic E-state index is -0.588. The molecule has 1 aliphatic heterocycles. The van der Waals surface area contributed by atoms with Gasteiger partial charge < -0.3 is 16.0 Å². The first-order valence-electron chi connectivity index (χ1n) is 6.74. The number of nitrogens with two attached hydrogens (primary N) is 1. The zero-order valence-corrected chi connectivity index (χ0v) is 11.6. The summed E-state index contributed by atoms with van der Waals surface area (Å²) < 4.78 is 0. The van der Waals surface area contributed by atoms with E-state index in [0.29, 0.717) is 13.0 Å². The molecule has 6 nitrogen and oxygen atoms in total. The highest BCUT2D eigenvalue weighted by Gasteiger charge is 2.35. The van der Waals surface area contributed by atoms with Crippen LogP contribution in [0.15, 0.2) is 0 Å². The Balaban J connectivity index is 2.82. The predicted octanol–water partition coefficient (Wildman–Crippen LogP) is -0.00942. The summed E-state index contributed by atoms with van der Waals surface area (Å²) >= 11 is 0. The number of rotatable bonds is 5. The number of hydrogen-bond donors (Lipinski definition) is 2. The van der Waals surface area contributed by atoms with Crippen molar-refractivity contribution in [2.75, 3.05) is 13.1 Å². The first kappa shape index (κ1) is 15.4. The number of nitrogens with one attached hydrogen (secondary N) is 1. The minimum Gasteiger partial charge on any atom is -0.343 e. The maximum absolute atomic E-state index is 12.5. The third-order valence-corrected chi connectivity index (χ3v) is 3.67. The Bertz CT molecular complexity index is 377. The van der Waals surface area contributed by atoms with Gasteiger partial charge in [0.2, 0.25) is 11.8 Å². The molecule has 6 heteroatoms. The van der Waals surface area contributed by atoms with Gasteiger partial charge in [-0.1, -0.05) is 20.3 Å². The average Bonchev–Trinajstić information content (AvgIpc) is 2.91. The van der Waals surface area contributed by atoms with Crippen LogP contribution in [-0.4, -0.2) is 41.9 Å². The molecule has 0 radical (unpaired) electrons. The number of carbonyl (C=O) groups is 2. The lowest BCUT2D eigenvalue weighted by atomic mass is 9.97. The summed E-state index contributed by atoms with van der Waals surface area (Å²) in [4.78, 5) is 25.5. The SMILES string of the molecule is CCC(C)C(NC(=O)CN)C(=O)N1CCC[C@H]1C#N. The van der Waals surface area contributed by atoms with Crippen LogP contribution in [0.25, 0.3) is 0 Å². The highest BCUT2D eigenvalue weighted by molar-refractivity contribution is 5.89. The number of hydrogen-bond acceptors (Lipinski definition) is 4. The van der Waals surface area contributed by atoms with Gasteiger partial charge in [0, 0.05) is 6.54 Å². The average molecular weight is 266 g/mol. The molecule has 2 amide bonds. The molecule has 106 valence electrons. The predicted molar refractivity (Wildman–Crippen MR) is 70.8 cm³/mol. The Morgan fingerprint density at radius 1 is 1.58 bits per heavy atom. The van der Waals surface area contributed by atoms with Crippen LogP contribution < -0.4 is 11.1 Å². The van der Waals surface area contributed by atoms with E-state index in [-0.39, 0.29) is 30.3 Å². The molecule has 1 aliphatic rings. The van der Waals surface area contributed by atoms with E-state index in [1.54, 1.807) is 4.90 Å². The Kier molecular flexibility index (Phi) is 5.77. The van der Waals surface area contributed by atoms with Crippen LogP contribution in [0.2, 0.25) is 0 Å². The maximum atomic E-state index is 12.5.